The van der Waals surface area contributed by atoms with Crippen molar-refractivity contribution >= 4 is 23.5 Å². The number of aryl methyl sites for hydroxylation is 1. The summed E-state index contributed by atoms with van der Waals surface area (Å²) in [5.41, 5.74) is 0.751. The summed E-state index contributed by atoms with van der Waals surface area (Å²) >= 11 is 0. The molecular formula is C14H19N3O4. The van der Waals surface area contributed by atoms with E-state index in [1.807, 2.05) is 0 Å². The molecule has 1 aliphatic rings. The van der Waals surface area contributed by atoms with E-state index < -0.39 is 5.97 Å². The zero-order valence-electron chi connectivity index (χ0n) is 11.9. The van der Waals surface area contributed by atoms with E-state index in [9.17, 15) is 14.4 Å². The smallest absolute Gasteiger partial charge is 0.339 e. The van der Waals surface area contributed by atoms with Crippen LogP contribution in [0.2, 0.25) is 0 Å². The molecule has 2 heterocycles. The molecular weight excluding hydrogens is 274 g/mol. The van der Waals surface area contributed by atoms with Crippen LogP contribution in [0.5, 0.6) is 0 Å². The van der Waals surface area contributed by atoms with Gasteiger partial charge in [-0.05, 0) is 19.8 Å². The van der Waals surface area contributed by atoms with Crippen molar-refractivity contribution in [2.75, 3.05) is 18.4 Å². The van der Waals surface area contributed by atoms with Gasteiger partial charge in [0.15, 0.2) is 0 Å². The highest BCUT2D eigenvalue weighted by atomic mass is 16.4. The zero-order chi connectivity index (χ0) is 15.4. The molecule has 1 aromatic rings. The number of carbonyl (C=O) groups is 3. The van der Waals surface area contributed by atoms with Crippen LogP contribution in [0, 0.1) is 6.92 Å². The van der Waals surface area contributed by atoms with E-state index in [2.05, 4.69) is 10.3 Å². The van der Waals surface area contributed by atoms with Crippen LogP contribution in [0.25, 0.3) is 0 Å². The van der Waals surface area contributed by atoms with E-state index in [-0.39, 0.29) is 29.6 Å². The van der Waals surface area contributed by atoms with Crippen molar-refractivity contribution in [3.8, 4) is 0 Å². The molecule has 0 aromatic carbocycles. The summed E-state index contributed by atoms with van der Waals surface area (Å²) in [5, 5.41) is 11.7. The number of hydrogen-bond donors (Lipinski definition) is 3. The maximum absolute atomic E-state index is 12.0. The first-order valence-electron chi connectivity index (χ1n) is 6.98. The second-order valence-electron chi connectivity index (χ2n) is 5.18. The average molecular weight is 293 g/mol. The number of nitrogens with zero attached hydrogens (tertiary/aromatic N) is 1. The Bertz CT molecular complexity index is 565. The van der Waals surface area contributed by atoms with E-state index >= 15 is 0 Å². The lowest BCUT2D eigenvalue weighted by molar-refractivity contribution is -0.134. The van der Waals surface area contributed by atoms with Crippen molar-refractivity contribution in [2.24, 2.45) is 0 Å². The van der Waals surface area contributed by atoms with Gasteiger partial charge in [0, 0.05) is 24.9 Å². The fraction of sp³-hybridized carbons (Fsp3) is 0.500. The Morgan fingerprint density at radius 1 is 1.38 bits per heavy atom. The number of anilines is 1. The summed E-state index contributed by atoms with van der Waals surface area (Å²) in [6, 6.07) is 0. The van der Waals surface area contributed by atoms with Gasteiger partial charge in [-0.25, -0.2) is 4.79 Å². The molecule has 0 radical (unpaired) electrons. The van der Waals surface area contributed by atoms with Crippen LogP contribution in [0.3, 0.4) is 0 Å². The van der Waals surface area contributed by atoms with E-state index in [1.165, 1.54) is 11.1 Å². The van der Waals surface area contributed by atoms with Crippen molar-refractivity contribution in [1.29, 1.82) is 0 Å². The van der Waals surface area contributed by atoms with Gasteiger partial charge < -0.3 is 20.3 Å². The van der Waals surface area contributed by atoms with Crippen molar-refractivity contribution in [3.05, 3.63) is 17.5 Å². The lowest BCUT2D eigenvalue weighted by atomic mass is 10.2. The number of hydrogen-bond acceptors (Lipinski definition) is 3. The molecule has 2 amide bonds. The van der Waals surface area contributed by atoms with Crippen LogP contribution in [0.1, 0.15) is 41.7 Å². The van der Waals surface area contributed by atoms with Crippen LogP contribution in [-0.2, 0) is 9.59 Å². The number of carboxylic acid groups (broad SMARTS) is 1. The highest BCUT2D eigenvalue weighted by molar-refractivity contribution is 6.02. The number of aromatic nitrogens is 1. The van der Waals surface area contributed by atoms with Gasteiger partial charge in [0.05, 0.1) is 12.2 Å². The van der Waals surface area contributed by atoms with Gasteiger partial charge in [0.25, 0.3) is 0 Å². The molecule has 7 heteroatoms. The summed E-state index contributed by atoms with van der Waals surface area (Å²) in [6.45, 7) is 2.16. The molecule has 0 unspecified atom stereocenters. The number of amides is 2. The quantitative estimate of drug-likeness (QED) is 0.780. The SMILES string of the molecule is Cc1[nH]cc(NC(=O)CN2CCCCCC2=O)c1C(=O)O. The third-order valence-corrected chi connectivity index (χ3v) is 3.57. The highest BCUT2D eigenvalue weighted by Gasteiger charge is 2.21. The second kappa shape index (κ2) is 6.43. The average Bonchev–Trinajstić information content (AvgIpc) is 2.65. The first-order chi connectivity index (χ1) is 9.99. The van der Waals surface area contributed by atoms with Gasteiger partial charge in [-0.2, -0.15) is 0 Å². The summed E-state index contributed by atoms with van der Waals surface area (Å²) < 4.78 is 0. The Hall–Kier alpha value is -2.31. The van der Waals surface area contributed by atoms with Crippen LogP contribution in [-0.4, -0.2) is 45.9 Å². The molecule has 1 saturated heterocycles. The number of likely N-dealkylation sites (tertiary alicyclic amines) is 1. The third kappa shape index (κ3) is 3.62. The number of aromatic amines is 1. The van der Waals surface area contributed by atoms with E-state index in [0.29, 0.717) is 18.7 Å². The monoisotopic (exact) mass is 293 g/mol. The van der Waals surface area contributed by atoms with E-state index in [1.54, 1.807) is 6.92 Å². The van der Waals surface area contributed by atoms with Crippen molar-refractivity contribution in [2.45, 2.75) is 32.6 Å². The van der Waals surface area contributed by atoms with Gasteiger partial charge in [0.2, 0.25) is 11.8 Å². The molecule has 21 heavy (non-hydrogen) atoms. The molecule has 1 fully saturated rings. The molecule has 0 spiro atoms. The number of carboxylic acids is 1. The lowest BCUT2D eigenvalue weighted by Gasteiger charge is -2.19. The largest absolute Gasteiger partial charge is 0.478 e. The van der Waals surface area contributed by atoms with Gasteiger partial charge >= 0.3 is 5.97 Å². The fourth-order valence-electron chi connectivity index (χ4n) is 2.47. The molecule has 7 nitrogen and oxygen atoms in total. The van der Waals surface area contributed by atoms with Gasteiger partial charge in [-0.3, -0.25) is 9.59 Å². The van der Waals surface area contributed by atoms with Crippen LogP contribution in [0.15, 0.2) is 6.20 Å². The molecule has 0 aliphatic carbocycles. The fourth-order valence-corrected chi connectivity index (χ4v) is 2.47. The number of carbonyl (C=O) groups excluding carboxylic acids is 2. The van der Waals surface area contributed by atoms with E-state index in [0.717, 1.165) is 19.3 Å². The predicted molar refractivity (Wildman–Crippen MR) is 76.2 cm³/mol. The summed E-state index contributed by atoms with van der Waals surface area (Å²) in [4.78, 5) is 39.3. The van der Waals surface area contributed by atoms with Crippen molar-refractivity contribution in [1.82, 2.24) is 9.88 Å². The maximum atomic E-state index is 12.0. The molecule has 1 aromatic heterocycles. The standard InChI is InChI=1S/C14H19N3O4/c1-9-13(14(20)21)10(7-15-9)16-11(18)8-17-6-4-2-3-5-12(17)19/h7,15H,2-6,8H2,1H3,(H,16,18)(H,20,21). The minimum Gasteiger partial charge on any atom is -0.478 e. The molecule has 3 N–H and O–H groups in total. The van der Waals surface area contributed by atoms with Gasteiger partial charge in [0.1, 0.15) is 5.56 Å². The van der Waals surface area contributed by atoms with Crippen LogP contribution >= 0.6 is 0 Å². The first kappa shape index (κ1) is 15.1. The molecule has 114 valence electrons. The Morgan fingerprint density at radius 3 is 2.86 bits per heavy atom. The lowest BCUT2D eigenvalue weighted by Crippen LogP contribution is -2.37. The van der Waals surface area contributed by atoms with E-state index in [4.69, 9.17) is 5.11 Å². The third-order valence-electron chi connectivity index (χ3n) is 3.57. The normalized spacial score (nSPS) is 15.7. The topological polar surface area (TPSA) is 103 Å². The second-order valence-corrected chi connectivity index (χ2v) is 5.18. The number of nitrogens with one attached hydrogen (secondary N) is 2. The Morgan fingerprint density at radius 2 is 2.14 bits per heavy atom. The predicted octanol–water partition coefficient (Wildman–Crippen LogP) is 1.36. The zero-order valence-corrected chi connectivity index (χ0v) is 11.9. The Kier molecular flexibility index (Phi) is 4.62. The molecule has 0 bridgehead atoms. The van der Waals surface area contributed by atoms with Gasteiger partial charge in [-0.1, -0.05) is 6.42 Å². The maximum Gasteiger partial charge on any atom is 0.339 e. The van der Waals surface area contributed by atoms with Gasteiger partial charge in [-0.15, -0.1) is 0 Å². The van der Waals surface area contributed by atoms with Crippen LogP contribution in [0.4, 0.5) is 5.69 Å². The van der Waals surface area contributed by atoms with Crippen LogP contribution < -0.4 is 5.32 Å². The summed E-state index contributed by atoms with van der Waals surface area (Å²) in [7, 11) is 0. The summed E-state index contributed by atoms with van der Waals surface area (Å²) in [6.07, 6.45) is 4.65. The minimum atomic E-state index is -1.10. The first-order valence-corrected chi connectivity index (χ1v) is 6.98. The minimum absolute atomic E-state index is 0.0219. The molecule has 1 aliphatic heterocycles. The van der Waals surface area contributed by atoms with Crippen molar-refractivity contribution in [3.63, 3.8) is 0 Å². The molecule has 2 rings (SSSR count). The number of rotatable bonds is 4. The summed E-state index contributed by atoms with van der Waals surface area (Å²) in [5.74, 6) is -1.51. The van der Waals surface area contributed by atoms with Crippen molar-refractivity contribution < 1.29 is 19.5 Å². The Labute approximate surface area is 122 Å². The number of aromatic carboxylic acids is 1. The Balaban J connectivity index is 2.01. The molecule has 0 saturated carbocycles. The number of H-pyrrole nitrogens is 1. The molecule has 0 atom stereocenters. The highest BCUT2D eigenvalue weighted by Crippen LogP contribution is 2.19.